The molecule has 1 saturated heterocycles. The summed E-state index contributed by atoms with van der Waals surface area (Å²) in [7, 11) is 0. The van der Waals surface area contributed by atoms with Crippen molar-refractivity contribution in [2.45, 2.75) is 52.4 Å². The number of carbonyl (C=O) groups is 2. The summed E-state index contributed by atoms with van der Waals surface area (Å²) < 4.78 is 2.26. The van der Waals surface area contributed by atoms with E-state index in [1.165, 1.54) is 4.68 Å². The number of nitrogens with zero attached hydrogens (tertiary/aromatic N) is 2. The van der Waals surface area contributed by atoms with Crippen molar-refractivity contribution in [1.29, 1.82) is 0 Å². The van der Waals surface area contributed by atoms with E-state index in [0.29, 0.717) is 25.1 Å². The van der Waals surface area contributed by atoms with Crippen LogP contribution in [0.25, 0.3) is 0 Å². The van der Waals surface area contributed by atoms with E-state index in [1.54, 1.807) is 11.3 Å². The fraction of sp³-hybridized carbons (Fsp3) is 0.526. The molecule has 0 saturated carbocycles. The molecule has 1 N–H and O–H groups in total. The third-order valence-corrected chi connectivity index (χ3v) is 6.14. The molecule has 0 bridgehead atoms. The minimum absolute atomic E-state index is 0.0260. The molecular weight excluding hydrogens is 370 g/mol. The van der Waals surface area contributed by atoms with E-state index >= 15 is 0 Å². The van der Waals surface area contributed by atoms with Crippen LogP contribution in [0.2, 0.25) is 4.34 Å². The van der Waals surface area contributed by atoms with Gasteiger partial charge in [-0.05, 0) is 44.4 Å². The lowest BCUT2D eigenvalue weighted by molar-refractivity contribution is -0.123. The van der Waals surface area contributed by atoms with E-state index in [4.69, 9.17) is 11.6 Å². The summed E-state index contributed by atoms with van der Waals surface area (Å²) >= 11 is 7.56. The molecule has 1 atom stereocenters. The van der Waals surface area contributed by atoms with E-state index in [2.05, 4.69) is 10.4 Å². The molecule has 0 aliphatic carbocycles. The second-order valence-corrected chi connectivity index (χ2v) is 9.83. The molecule has 140 valence electrons. The van der Waals surface area contributed by atoms with E-state index < -0.39 is 10.8 Å². The predicted octanol–water partition coefficient (Wildman–Crippen LogP) is 3.85. The molecule has 2 aromatic rings. The molecule has 1 amide bonds. The summed E-state index contributed by atoms with van der Waals surface area (Å²) in [5, 5.41) is 7.45. The third-order valence-electron chi connectivity index (χ3n) is 4.85. The number of aromatic nitrogens is 2. The maximum Gasteiger partial charge on any atom is 0.252 e. The molecule has 5 nitrogen and oxygen atoms in total. The van der Waals surface area contributed by atoms with Crippen molar-refractivity contribution >= 4 is 34.8 Å². The Labute approximate surface area is 162 Å². The van der Waals surface area contributed by atoms with Gasteiger partial charge in [-0.3, -0.25) is 9.59 Å². The van der Waals surface area contributed by atoms with Crippen molar-refractivity contribution in [3.05, 3.63) is 38.8 Å². The Morgan fingerprint density at radius 3 is 2.65 bits per heavy atom. The van der Waals surface area contributed by atoms with Crippen LogP contribution < -0.4 is 5.32 Å². The van der Waals surface area contributed by atoms with Crippen molar-refractivity contribution in [3.63, 3.8) is 0 Å². The fourth-order valence-electron chi connectivity index (χ4n) is 3.08. The average molecular weight is 394 g/mol. The molecule has 0 spiro atoms. The minimum Gasteiger partial charge on any atom is -0.355 e. The van der Waals surface area contributed by atoms with Crippen LogP contribution in [-0.2, 0) is 23.1 Å². The fourth-order valence-corrected chi connectivity index (χ4v) is 4.16. The average Bonchev–Trinajstić information content (AvgIpc) is 3.24. The van der Waals surface area contributed by atoms with E-state index in [9.17, 15) is 9.59 Å². The summed E-state index contributed by atoms with van der Waals surface area (Å²) in [4.78, 5) is 26.4. The largest absolute Gasteiger partial charge is 0.355 e. The summed E-state index contributed by atoms with van der Waals surface area (Å²) in [5.41, 5.74) is 0.280. The number of hydrogen-bond donors (Lipinski definition) is 1. The van der Waals surface area contributed by atoms with Gasteiger partial charge in [0.1, 0.15) is 0 Å². The first kappa shape index (κ1) is 19.1. The zero-order valence-electron chi connectivity index (χ0n) is 15.6. The molecule has 1 aliphatic rings. The number of hydrogen-bond acceptors (Lipinski definition) is 4. The number of nitrogens with one attached hydrogen (secondary N) is 1. The number of halogens is 1. The molecule has 2 aromatic heterocycles. The lowest BCUT2D eigenvalue weighted by atomic mass is 9.85. The number of aryl methyl sites for hydroxylation is 2. The standard InChI is InChI=1S/C19H24ClN3O2S/c1-18(2,3)17(25)23-12(5-6-13-7-8-15(20)26-13)11-14(22-23)19(4)9-10-21-16(19)24/h7-8,11H,5-6,9-10H2,1-4H3,(H,21,24). The molecular formula is C19H24ClN3O2S. The Morgan fingerprint density at radius 1 is 1.38 bits per heavy atom. The van der Waals surface area contributed by atoms with E-state index in [1.807, 2.05) is 45.9 Å². The van der Waals surface area contributed by atoms with Gasteiger partial charge < -0.3 is 5.32 Å². The SMILES string of the molecule is CC(C)(C)C(=O)n1nc(C2(C)CCNC2=O)cc1CCc1ccc(Cl)s1. The second-order valence-electron chi connectivity index (χ2n) is 8.03. The first-order valence-corrected chi connectivity index (χ1v) is 9.97. The minimum atomic E-state index is -0.676. The lowest BCUT2D eigenvalue weighted by Crippen LogP contribution is -2.34. The first-order valence-electron chi connectivity index (χ1n) is 8.78. The molecule has 3 heterocycles. The Balaban J connectivity index is 1.95. The van der Waals surface area contributed by atoms with Gasteiger partial charge in [0, 0.05) is 22.5 Å². The molecule has 7 heteroatoms. The number of rotatable bonds is 4. The van der Waals surface area contributed by atoms with E-state index in [0.717, 1.165) is 21.3 Å². The van der Waals surface area contributed by atoms with Gasteiger partial charge in [0.2, 0.25) is 5.91 Å². The Morgan fingerprint density at radius 2 is 2.12 bits per heavy atom. The van der Waals surface area contributed by atoms with Gasteiger partial charge in [0.15, 0.2) is 0 Å². The van der Waals surface area contributed by atoms with Crippen molar-refractivity contribution in [2.24, 2.45) is 5.41 Å². The highest BCUT2D eigenvalue weighted by Gasteiger charge is 2.42. The zero-order valence-corrected chi connectivity index (χ0v) is 17.1. The van der Waals surface area contributed by atoms with Gasteiger partial charge in [0.05, 0.1) is 15.4 Å². The van der Waals surface area contributed by atoms with Crippen molar-refractivity contribution in [2.75, 3.05) is 6.54 Å². The summed E-state index contributed by atoms with van der Waals surface area (Å²) in [6.45, 7) is 8.17. The smallest absolute Gasteiger partial charge is 0.252 e. The highest BCUT2D eigenvalue weighted by molar-refractivity contribution is 7.16. The molecule has 0 radical (unpaired) electrons. The van der Waals surface area contributed by atoms with Gasteiger partial charge >= 0.3 is 0 Å². The third kappa shape index (κ3) is 3.58. The van der Waals surface area contributed by atoms with Crippen LogP contribution in [-0.4, -0.2) is 28.1 Å². The molecule has 1 aliphatic heterocycles. The molecule has 1 unspecified atom stereocenters. The summed E-state index contributed by atoms with van der Waals surface area (Å²) in [5.74, 6) is -0.0908. The van der Waals surface area contributed by atoms with Crippen LogP contribution in [0.5, 0.6) is 0 Å². The topological polar surface area (TPSA) is 64.0 Å². The monoisotopic (exact) mass is 393 g/mol. The molecule has 3 rings (SSSR count). The molecule has 0 aromatic carbocycles. The second kappa shape index (κ2) is 6.82. The van der Waals surface area contributed by atoms with Crippen LogP contribution in [0.15, 0.2) is 18.2 Å². The zero-order chi connectivity index (χ0) is 19.1. The van der Waals surface area contributed by atoms with Gasteiger partial charge in [-0.15, -0.1) is 11.3 Å². The quantitative estimate of drug-likeness (QED) is 0.858. The highest BCUT2D eigenvalue weighted by atomic mass is 35.5. The number of amides is 1. The van der Waals surface area contributed by atoms with Gasteiger partial charge in [-0.2, -0.15) is 5.10 Å². The van der Waals surface area contributed by atoms with Crippen LogP contribution in [0, 0.1) is 5.41 Å². The van der Waals surface area contributed by atoms with Crippen molar-refractivity contribution in [1.82, 2.24) is 15.1 Å². The van der Waals surface area contributed by atoms with Crippen LogP contribution in [0.1, 0.15) is 55.2 Å². The highest BCUT2D eigenvalue weighted by Crippen LogP contribution is 2.32. The lowest BCUT2D eigenvalue weighted by Gasteiger charge is -2.19. The first-order chi connectivity index (χ1) is 12.1. The summed E-state index contributed by atoms with van der Waals surface area (Å²) in [6.07, 6.45) is 2.14. The number of carbonyl (C=O) groups excluding carboxylic acids is 2. The normalized spacial score (nSPS) is 20.4. The van der Waals surface area contributed by atoms with Gasteiger partial charge in [-0.25, -0.2) is 4.68 Å². The summed E-state index contributed by atoms with van der Waals surface area (Å²) in [6, 6.07) is 5.81. The van der Waals surface area contributed by atoms with Gasteiger partial charge in [0.25, 0.3) is 5.91 Å². The number of thiophene rings is 1. The van der Waals surface area contributed by atoms with Crippen LogP contribution >= 0.6 is 22.9 Å². The maximum absolute atomic E-state index is 12.9. The Bertz CT molecular complexity index is 849. The molecule has 26 heavy (non-hydrogen) atoms. The van der Waals surface area contributed by atoms with Crippen molar-refractivity contribution < 1.29 is 9.59 Å². The maximum atomic E-state index is 12.9. The Kier molecular flexibility index (Phi) is 5.01. The van der Waals surface area contributed by atoms with E-state index in [-0.39, 0.29) is 11.8 Å². The van der Waals surface area contributed by atoms with Crippen LogP contribution in [0.3, 0.4) is 0 Å². The molecule has 1 fully saturated rings. The Hall–Kier alpha value is -1.66. The van der Waals surface area contributed by atoms with Gasteiger partial charge in [-0.1, -0.05) is 32.4 Å². The van der Waals surface area contributed by atoms with Crippen LogP contribution in [0.4, 0.5) is 0 Å². The van der Waals surface area contributed by atoms with Crippen molar-refractivity contribution in [3.8, 4) is 0 Å². The predicted molar refractivity (Wildman–Crippen MR) is 104 cm³/mol.